The predicted molar refractivity (Wildman–Crippen MR) is 239 cm³/mol. The van der Waals surface area contributed by atoms with Crippen molar-refractivity contribution in [2.24, 2.45) is 0 Å². The van der Waals surface area contributed by atoms with Crippen LogP contribution in [0.4, 0.5) is 0 Å². The molecule has 12 nitrogen and oxygen atoms in total. The fourth-order valence-electron chi connectivity index (χ4n) is 3.79. The molecule has 0 atom stereocenters. The van der Waals surface area contributed by atoms with Gasteiger partial charge in [-0.25, -0.2) is 0 Å². The average Bonchev–Trinajstić information content (AvgIpc) is 3.24. The second-order valence-electron chi connectivity index (χ2n) is 9.75. The van der Waals surface area contributed by atoms with Crippen LogP contribution in [0.1, 0.15) is 33.9 Å². The Kier molecular flexibility index (Phi) is 43.8. The molecule has 0 aliphatic carbocycles. The zero-order valence-corrected chi connectivity index (χ0v) is 36.1. The van der Waals surface area contributed by atoms with Crippen molar-refractivity contribution in [3.05, 3.63) is 202 Å². The largest absolute Gasteiger partial charge is 3.00 e. The van der Waals surface area contributed by atoms with Gasteiger partial charge in [0.15, 0.2) is 0 Å². The Labute approximate surface area is 381 Å². The third-order valence-electron chi connectivity index (χ3n) is 6.01. The number of rotatable bonds is 10. The van der Waals surface area contributed by atoms with Gasteiger partial charge < -0.3 is 32.3 Å². The van der Waals surface area contributed by atoms with Crippen molar-refractivity contribution in [3.8, 4) is 0 Å². The monoisotopic (exact) mass is 924 g/mol. The van der Waals surface area contributed by atoms with E-state index in [1.807, 2.05) is 97.1 Å². The van der Waals surface area contributed by atoms with Gasteiger partial charge in [-0.05, 0) is 83.9 Å². The van der Waals surface area contributed by atoms with Gasteiger partial charge in [0, 0.05) is 75.8 Å². The van der Waals surface area contributed by atoms with Crippen molar-refractivity contribution < 1.29 is 34.1 Å². The average molecular weight is 925 g/mol. The number of nitrogens with one attached hydrogen (secondary N) is 2. The van der Waals surface area contributed by atoms with E-state index in [1.54, 1.807) is 49.6 Å². The molecule has 6 rings (SSSR count). The number of aromatic nitrogens is 6. The number of isothiocyanates is 4. The number of thiocarbonyl (C=S) groups is 4. The number of hydrogen-bond acceptors (Lipinski definition) is 12. The van der Waals surface area contributed by atoms with E-state index >= 15 is 0 Å². The van der Waals surface area contributed by atoms with Gasteiger partial charge in [-0.1, -0.05) is 85.3 Å². The van der Waals surface area contributed by atoms with Crippen molar-refractivity contribution in [1.29, 1.82) is 0 Å². The van der Waals surface area contributed by atoms with Crippen LogP contribution in [0.2, 0.25) is 0 Å². The topological polar surface area (TPSA) is 191 Å². The van der Waals surface area contributed by atoms with E-state index in [9.17, 15) is 0 Å². The normalized spacial score (nSPS) is 8.34. The molecule has 0 saturated carbocycles. The minimum atomic E-state index is 0. The van der Waals surface area contributed by atoms with Gasteiger partial charge in [0.2, 0.25) is 0 Å². The summed E-state index contributed by atoms with van der Waals surface area (Å²) >= 11 is 14.8. The third-order valence-corrected chi connectivity index (χ3v) is 6.01. The molecule has 58 heavy (non-hydrogen) atoms. The van der Waals surface area contributed by atoms with E-state index in [1.165, 1.54) is 20.6 Å². The van der Waals surface area contributed by atoms with E-state index in [2.05, 4.69) is 102 Å². The summed E-state index contributed by atoms with van der Waals surface area (Å²) in [6.07, 6.45) is 18.5. The molecule has 6 heterocycles. The van der Waals surface area contributed by atoms with Crippen LogP contribution in [0.5, 0.6) is 0 Å². The van der Waals surface area contributed by atoms with E-state index in [0.29, 0.717) is 0 Å². The van der Waals surface area contributed by atoms with Crippen LogP contribution in [-0.2, 0) is 60.3 Å². The summed E-state index contributed by atoms with van der Waals surface area (Å²) in [6.45, 7) is 3.10. The van der Waals surface area contributed by atoms with Gasteiger partial charge in [0.05, 0.1) is 22.8 Å². The fourth-order valence-corrected chi connectivity index (χ4v) is 3.79. The van der Waals surface area contributed by atoms with Gasteiger partial charge in [-0.2, -0.15) is 20.6 Å². The van der Waals surface area contributed by atoms with Gasteiger partial charge in [0.25, 0.3) is 0 Å². The van der Waals surface area contributed by atoms with Crippen molar-refractivity contribution in [1.82, 2.24) is 40.5 Å². The molecular weight excluding hydrogens is 888 g/mol. The van der Waals surface area contributed by atoms with Crippen LogP contribution >= 0.6 is 48.9 Å². The van der Waals surface area contributed by atoms with Crippen molar-refractivity contribution in [2.45, 2.75) is 26.2 Å². The Morgan fingerprint density at radius 3 is 0.810 bits per heavy atom. The first-order valence-electron chi connectivity index (χ1n) is 16.1. The van der Waals surface area contributed by atoms with Crippen molar-refractivity contribution >= 4 is 81.7 Å². The Hall–Kier alpha value is -5.20. The zero-order valence-electron chi connectivity index (χ0n) is 30.7. The molecule has 0 saturated heterocycles. The molecule has 0 aliphatic heterocycles. The van der Waals surface area contributed by atoms with E-state index < -0.39 is 0 Å². The molecule has 6 aromatic heterocycles. The molecule has 0 aromatic carbocycles. The summed E-state index contributed by atoms with van der Waals surface area (Å²) in [5.74, 6) is 0. The number of hydrogen-bond donors (Lipinski definition) is 2. The van der Waals surface area contributed by atoms with Gasteiger partial charge in [0.1, 0.15) is 0 Å². The minimum Gasteiger partial charge on any atom is -0.753 e. The van der Waals surface area contributed by atoms with Crippen molar-refractivity contribution in [3.63, 3.8) is 0 Å². The summed E-state index contributed by atoms with van der Waals surface area (Å²) < 4.78 is 0. The number of pyridine rings is 6. The second kappa shape index (κ2) is 44.5. The Morgan fingerprint density at radius 2 is 0.621 bits per heavy atom. The second-order valence-corrected chi connectivity index (χ2v) is 10.5. The van der Waals surface area contributed by atoms with Gasteiger partial charge in [-0.15, -0.1) is 0 Å². The molecule has 0 unspecified atom stereocenters. The SMILES string of the molecule is C(=C\c1ccncc1)/c1ccncc1.[Fe+3].[Fe+3].[N-]=C=S.[N-]=C=S.[N-]=C=S.[N-]=C=S.c1ccc(CNCc2ccccn2)nc1.c1ccc(CNCc2ccccn2)nc1. The molecule has 2 radical (unpaired) electrons. The molecule has 2 N–H and O–H groups in total. The molecule has 0 spiro atoms. The molecule has 0 fully saturated rings. The summed E-state index contributed by atoms with van der Waals surface area (Å²) in [5, 5.41) is 40.5. The molecule has 0 bridgehead atoms. The van der Waals surface area contributed by atoms with Gasteiger partial charge in [-0.3, -0.25) is 29.9 Å². The maximum Gasteiger partial charge on any atom is 3.00 e. The van der Waals surface area contributed by atoms with E-state index in [-0.39, 0.29) is 34.1 Å². The van der Waals surface area contributed by atoms with Crippen LogP contribution in [0.15, 0.2) is 147 Å². The molecule has 294 valence electrons. The number of nitrogens with zero attached hydrogens (tertiary/aromatic N) is 10. The van der Waals surface area contributed by atoms with Gasteiger partial charge >= 0.3 is 34.1 Å². The maximum atomic E-state index is 7.13. The maximum absolute atomic E-state index is 7.13. The van der Waals surface area contributed by atoms with Crippen LogP contribution in [0, 0.1) is 0 Å². The molecule has 0 aliphatic rings. The Bertz CT molecular complexity index is 1730. The molecule has 0 amide bonds. The Balaban J connectivity index is -0.000000677. The van der Waals surface area contributed by atoms with E-state index in [4.69, 9.17) is 21.6 Å². The first-order valence-corrected chi connectivity index (χ1v) is 17.7. The zero-order chi connectivity index (χ0) is 41.2. The molecular formula is C40H36Fe2N12S4+2. The molecule has 18 heteroatoms. The van der Waals surface area contributed by atoms with Crippen LogP contribution < -0.4 is 10.6 Å². The smallest absolute Gasteiger partial charge is 0.753 e. The summed E-state index contributed by atoms with van der Waals surface area (Å²) in [6, 6.07) is 31.5. The first kappa shape index (κ1) is 57.1. The standard InChI is InChI=1S/2C12H13N3.C12H10N2.4CNS.2Fe/c2*1-3-7-14-11(5-1)9-13-10-12-6-2-4-8-15-12;1(11-3-7-13-8-4-11)2-12-5-9-14-10-6-12;4*2-1-3;;/h2*1-8,13H,9-10H2;1-10H;;;;;;/q;;;4*-1;2*+3/b;;2-1+;;;;;;. The summed E-state index contributed by atoms with van der Waals surface area (Å²) in [4.78, 5) is 24.8. The van der Waals surface area contributed by atoms with Crippen LogP contribution in [0.25, 0.3) is 33.8 Å². The fraction of sp³-hybridized carbons (Fsp3) is 0.100. The Morgan fingerprint density at radius 1 is 0.397 bits per heavy atom. The summed E-state index contributed by atoms with van der Waals surface area (Å²) in [5.41, 5.74) is 6.50. The first-order chi connectivity index (χ1) is 27.5. The van der Waals surface area contributed by atoms with Crippen LogP contribution in [0.3, 0.4) is 0 Å². The minimum absolute atomic E-state index is 0. The van der Waals surface area contributed by atoms with Crippen molar-refractivity contribution in [2.75, 3.05) is 0 Å². The predicted octanol–water partition coefficient (Wildman–Crippen LogP) is 8.81. The third kappa shape index (κ3) is 35.2. The van der Waals surface area contributed by atoms with E-state index in [0.717, 1.165) is 60.1 Å². The van der Waals surface area contributed by atoms with Crippen LogP contribution in [-0.4, -0.2) is 50.5 Å². The summed E-state index contributed by atoms with van der Waals surface area (Å²) in [7, 11) is 0. The molecule has 6 aromatic rings. The quantitative estimate of drug-likeness (QED) is 0.0756.